The van der Waals surface area contributed by atoms with Crippen molar-refractivity contribution >= 4 is 17.6 Å². The minimum Gasteiger partial charge on any atom is -0.452 e. The van der Waals surface area contributed by atoms with E-state index in [0.29, 0.717) is 11.3 Å². The van der Waals surface area contributed by atoms with Crippen molar-refractivity contribution in [1.82, 2.24) is 0 Å². The molecule has 0 saturated heterocycles. The summed E-state index contributed by atoms with van der Waals surface area (Å²) in [5.41, 5.74) is 1.09. The number of esters is 1. The highest BCUT2D eigenvalue weighted by molar-refractivity contribution is 5.95. The van der Waals surface area contributed by atoms with Gasteiger partial charge in [-0.3, -0.25) is 9.59 Å². The number of carbonyl (C=O) groups excluding carboxylic acids is 2. The number of nitrogens with one attached hydrogen (secondary N) is 1. The minimum atomic E-state index is -0.816. The van der Waals surface area contributed by atoms with Crippen molar-refractivity contribution in [1.29, 1.82) is 5.26 Å². The topological polar surface area (TPSA) is 79.2 Å². The Bertz CT molecular complexity index is 527. The molecule has 5 nitrogen and oxygen atoms in total. The fraction of sp³-hybridized carbons (Fsp3) is 0.357. The molecular formula is C14H14N2O3. The zero-order valence-corrected chi connectivity index (χ0v) is 10.6. The van der Waals surface area contributed by atoms with Gasteiger partial charge in [-0.1, -0.05) is 0 Å². The molecule has 0 radical (unpaired) electrons. The van der Waals surface area contributed by atoms with E-state index in [0.717, 1.165) is 12.8 Å². The summed E-state index contributed by atoms with van der Waals surface area (Å²) in [6.45, 7) is 1.54. The molecule has 1 aromatic carbocycles. The molecule has 0 unspecified atom stereocenters. The molecule has 1 N–H and O–H groups in total. The number of hydrogen-bond donors (Lipinski definition) is 1. The van der Waals surface area contributed by atoms with Crippen LogP contribution in [0, 0.1) is 17.2 Å². The summed E-state index contributed by atoms with van der Waals surface area (Å²) >= 11 is 0. The van der Waals surface area contributed by atoms with E-state index in [4.69, 9.17) is 10.00 Å². The smallest absolute Gasteiger partial charge is 0.309 e. The highest BCUT2D eigenvalue weighted by Gasteiger charge is 2.33. The molecule has 1 saturated carbocycles. The van der Waals surface area contributed by atoms with Gasteiger partial charge in [-0.2, -0.15) is 5.26 Å². The number of amides is 1. The van der Waals surface area contributed by atoms with Crippen LogP contribution in [0.15, 0.2) is 24.3 Å². The van der Waals surface area contributed by atoms with Gasteiger partial charge in [-0.15, -0.1) is 0 Å². The second-order valence-electron chi connectivity index (χ2n) is 4.53. The lowest BCUT2D eigenvalue weighted by Gasteiger charge is -2.13. The Balaban J connectivity index is 1.88. The summed E-state index contributed by atoms with van der Waals surface area (Å²) in [5.74, 6) is -0.702. The molecule has 1 amide bonds. The second-order valence-corrected chi connectivity index (χ2v) is 4.53. The Kier molecular flexibility index (Phi) is 3.81. The molecule has 5 heteroatoms. The van der Waals surface area contributed by atoms with Crippen LogP contribution in [0.1, 0.15) is 25.3 Å². The van der Waals surface area contributed by atoms with Crippen LogP contribution < -0.4 is 5.32 Å². The van der Waals surface area contributed by atoms with Crippen LogP contribution in [-0.2, 0) is 14.3 Å². The first-order chi connectivity index (χ1) is 9.10. The Hall–Kier alpha value is -2.35. The van der Waals surface area contributed by atoms with Gasteiger partial charge in [0.05, 0.1) is 17.6 Å². The Morgan fingerprint density at radius 2 is 2.00 bits per heavy atom. The average Bonchev–Trinajstić information content (AvgIpc) is 3.23. The SMILES string of the molecule is C[C@H](OC(=O)C1CC1)C(=O)Nc1ccc(C#N)cc1. The summed E-state index contributed by atoms with van der Waals surface area (Å²) in [4.78, 5) is 23.2. The third-order valence-electron chi connectivity index (χ3n) is 2.85. The van der Waals surface area contributed by atoms with Gasteiger partial charge >= 0.3 is 5.97 Å². The van der Waals surface area contributed by atoms with Gasteiger partial charge in [-0.25, -0.2) is 0 Å². The van der Waals surface area contributed by atoms with E-state index in [9.17, 15) is 9.59 Å². The number of hydrogen-bond acceptors (Lipinski definition) is 4. The first kappa shape index (κ1) is 13.1. The van der Waals surface area contributed by atoms with E-state index >= 15 is 0 Å². The molecule has 19 heavy (non-hydrogen) atoms. The highest BCUT2D eigenvalue weighted by atomic mass is 16.5. The minimum absolute atomic E-state index is 0.0230. The third-order valence-corrected chi connectivity index (χ3v) is 2.85. The van der Waals surface area contributed by atoms with Crippen molar-refractivity contribution in [3.05, 3.63) is 29.8 Å². The molecule has 98 valence electrons. The van der Waals surface area contributed by atoms with E-state index in [1.807, 2.05) is 6.07 Å². The van der Waals surface area contributed by atoms with Gasteiger partial charge in [0.2, 0.25) is 0 Å². The number of rotatable bonds is 4. The van der Waals surface area contributed by atoms with Crippen molar-refractivity contribution in [3.63, 3.8) is 0 Å². The normalized spacial score (nSPS) is 15.2. The number of anilines is 1. The van der Waals surface area contributed by atoms with Gasteiger partial charge in [0.15, 0.2) is 6.10 Å². The molecule has 1 aliphatic carbocycles. The third kappa shape index (κ3) is 3.55. The first-order valence-electron chi connectivity index (χ1n) is 6.11. The summed E-state index contributed by atoms with van der Waals surface area (Å²) in [5, 5.41) is 11.3. The monoisotopic (exact) mass is 258 g/mol. The number of ether oxygens (including phenoxy) is 1. The maximum atomic E-state index is 11.8. The van der Waals surface area contributed by atoms with E-state index < -0.39 is 6.10 Å². The lowest BCUT2D eigenvalue weighted by molar-refractivity contribution is -0.154. The Labute approximate surface area is 111 Å². The second kappa shape index (κ2) is 5.53. The van der Waals surface area contributed by atoms with Crippen molar-refractivity contribution in [2.24, 2.45) is 5.92 Å². The van der Waals surface area contributed by atoms with Gasteiger partial charge in [0, 0.05) is 5.69 Å². The quantitative estimate of drug-likeness (QED) is 0.836. The van der Waals surface area contributed by atoms with E-state index in [1.165, 1.54) is 0 Å². The predicted octanol–water partition coefficient (Wildman–Crippen LogP) is 1.84. The number of benzene rings is 1. The molecule has 0 heterocycles. The maximum absolute atomic E-state index is 11.8. The zero-order chi connectivity index (χ0) is 13.8. The summed E-state index contributed by atoms with van der Waals surface area (Å²) in [7, 11) is 0. The van der Waals surface area contributed by atoms with Crippen LogP contribution in [0.5, 0.6) is 0 Å². The zero-order valence-electron chi connectivity index (χ0n) is 10.6. The average molecular weight is 258 g/mol. The molecule has 1 aliphatic rings. The van der Waals surface area contributed by atoms with E-state index in [-0.39, 0.29) is 17.8 Å². The van der Waals surface area contributed by atoms with Crippen LogP contribution in [0.3, 0.4) is 0 Å². The highest BCUT2D eigenvalue weighted by Crippen LogP contribution is 2.30. The van der Waals surface area contributed by atoms with Gasteiger partial charge in [-0.05, 0) is 44.0 Å². The maximum Gasteiger partial charge on any atom is 0.309 e. The number of carbonyl (C=O) groups is 2. The van der Waals surface area contributed by atoms with Crippen LogP contribution in [0.25, 0.3) is 0 Å². The van der Waals surface area contributed by atoms with Gasteiger partial charge in [0.25, 0.3) is 5.91 Å². The van der Waals surface area contributed by atoms with Gasteiger partial charge in [0.1, 0.15) is 0 Å². The Morgan fingerprint density at radius 3 is 2.53 bits per heavy atom. The van der Waals surface area contributed by atoms with Crippen LogP contribution in [-0.4, -0.2) is 18.0 Å². The van der Waals surface area contributed by atoms with E-state index in [1.54, 1.807) is 31.2 Å². The summed E-state index contributed by atoms with van der Waals surface area (Å²) < 4.78 is 5.05. The number of nitrogens with zero attached hydrogens (tertiary/aromatic N) is 1. The van der Waals surface area contributed by atoms with Gasteiger partial charge < -0.3 is 10.1 Å². The molecule has 0 bridgehead atoms. The van der Waals surface area contributed by atoms with E-state index in [2.05, 4.69) is 5.32 Å². The first-order valence-corrected chi connectivity index (χ1v) is 6.11. The molecule has 2 rings (SSSR count). The standard InChI is InChI=1S/C14H14N2O3/c1-9(19-14(18)11-4-5-11)13(17)16-12-6-2-10(8-15)3-7-12/h2-3,6-7,9,11H,4-5H2,1H3,(H,16,17)/t9-/m0/s1. The van der Waals surface area contributed by atoms with Crippen molar-refractivity contribution < 1.29 is 14.3 Å². The fourth-order valence-corrected chi connectivity index (χ4v) is 1.51. The lowest BCUT2D eigenvalue weighted by Crippen LogP contribution is -2.30. The molecule has 0 aliphatic heterocycles. The van der Waals surface area contributed by atoms with Crippen molar-refractivity contribution in [2.75, 3.05) is 5.32 Å². The van der Waals surface area contributed by atoms with Crippen LogP contribution in [0.4, 0.5) is 5.69 Å². The molecular weight excluding hydrogens is 244 g/mol. The lowest BCUT2D eigenvalue weighted by atomic mass is 10.2. The molecule has 0 aromatic heterocycles. The van der Waals surface area contributed by atoms with Crippen LogP contribution >= 0.6 is 0 Å². The van der Waals surface area contributed by atoms with Crippen molar-refractivity contribution in [2.45, 2.75) is 25.9 Å². The molecule has 0 spiro atoms. The molecule has 1 fully saturated rings. The summed E-state index contributed by atoms with van der Waals surface area (Å²) in [6, 6.07) is 8.47. The summed E-state index contributed by atoms with van der Waals surface area (Å²) in [6.07, 6.45) is 0.884. The largest absolute Gasteiger partial charge is 0.452 e. The number of nitriles is 1. The molecule has 1 atom stereocenters. The van der Waals surface area contributed by atoms with Crippen molar-refractivity contribution in [3.8, 4) is 6.07 Å². The Morgan fingerprint density at radius 1 is 1.37 bits per heavy atom. The molecule has 1 aromatic rings. The fourth-order valence-electron chi connectivity index (χ4n) is 1.51. The van der Waals surface area contributed by atoms with Crippen LogP contribution in [0.2, 0.25) is 0 Å². The predicted molar refractivity (Wildman–Crippen MR) is 68.1 cm³/mol.